The first-order valence-electron chi connectivity index (χ1n) is 9.38. The lowest BCUT2D eigenvalue weighted by molar-refractivity contribution is -0.142. The molecule has 2 aliphatic rings. The minimum Gasteiger partial charge on any atom is -0.368 e. The molecule has 2 heterocycles. The predicted molar refractivity (Wildman–Crippen MR) is 124 cm³/mol. The smallest absolute Gasteiger partial charge is 0.251 e. The first-order valence-corrected chi connectivity index (χ1v) is 10.1. The highest BCUT2D eigenvalue weighted by Crippen LogP contribution is 2.19. The lowest BCUT2D eigenvalue weighted by Crippen LogP contribution is -2.55. The Morgan fingerprint density at radius 1 is 1.18 bits per heavy atom. The van der Waals surface area contributed by atoms with Crippen molar-refractivity contribution in [3.63, 3.8) is 0 Å². The van der Waals surface area contributed by atoms with Crippen LogP contribution in [0.3, 0.4) is 0 Å². The number of ether oxygens (including phenoxy) is 1. The van der Waals surface area contributed by atoms with Gasteiger partial charge in [-0.2, -0.15) is 0 Å². The van der Waals surface area contributed by atoms with E-state index in [1.54, 1.807) is 13.1 Å². The highest BCUT2D eigenvalue weighted by molar-refractivity contribution is 14.0. The zero-order valence-electron chi connectivity index (χ0n) is 16.0. The molecule has 28 heavy (non-hydrogen) atoms. The lowest BCUT2D eigenvalue weighted by atomic mass is 10.1. The van der Waals surface area contributed by atoms with Crippen LogP contribution in [0.25, 0.3) is 0 Å². The quantitative estimate of drug-likeness (QED) is 0.362. The molecule has 1 N–H and O–H groups in total. The summed E-state index contributed by atoms with van der Waals surface area (Å²) in [7, 11) is 1.78. The molecule has 9 heteroatoms. The van der Waals surface area contributed by atoms with Crippen molar-refractivity contribution in [2.24, 2.45) is 4.99 Å². The van der Waals surface area contributed by atoms with Crippen molar-refractivity contribution in [3.8, 4) is 0 Å². The number of halogens is 3. The number of aliphatic imine (C=N–C) groups is 1. The van der Waals surface area contributed by atoms with Crippen LogP contribution in [0.1, 0.15) is 18.4 Å². The van der Waals surface area contributed by atoms with Crippen LogP contribution in [-0.2, 0) is 16.0 Å². The molecule has 2 saturated heterocycles. The van der Waals surface area contributed by atoms with Gasteiger partial charge in [-0.15, -0.1) is 24.0 Å². The van der Waals surface area contributed by atoms with Crippen LogP contribution in [0.2, 0.25) is 10.0 Å². The summed E-state index contributed by atoms with van der Waals surface area (Å²) in [5.41, 5.74) is 1.09. The number of hydrogen-bond donors (Lipinski definition) is 1. The minimum absolute atomic E-state index is 0. The molecular formula is C19H27Cl2IN4O2. The van der Waals surface area contributed by atoms with Crippen LogP contribution in [0.15, 0.2) is 23.2 Å². The van der Waals surface area contributed by atoms with E-state index in [0.717, 1.165) is 50.4 Å². The van der Waals surface area contributed by atoms with Gasteiger partial charge in [0.05, 0.1) is 0 Å². The van der Waals surface area contributed by atoms with Gasteiger partial charge in [0.15, 0.2) is 5.96 Å². The summed E-state index contributed by atoms with van der Waals surface area (Å²) in [4.78, 5) is 20.9. The summed E-state index contributed by atoms with van der Waals surface area (Å²) in [6.07, 6.45) is 2.38. The van der Waals surface area contributed by atoms with Crippen LogP contribution in [-0.4, -0.2) is 74.1 Å². The van der Waals surface area contributed by atoms with Gasteiger partial charge in [-0.1, -0.05) is 23.2 Å². The van der Waals surface area contributed by atoms with Crippen LogP contribution in [0, 0.1) is 0 Å². The summed E-state index contributed by atoms with van der Waals surface area (Å²) in [5.74, 6) is 0.986. The molecule has 0 radical (unpaired) electrons. The highest BCUT2D eigenvalue weighted by atomic mass is 127. The van der Waals surface area contributed by atoms with Crippen molar-refractivity contribution < 1.29 is 9.53 Å². The van der Waals surface area contributed by atoms with E-state index in [1.807, 2.05) is 17.0 Å². The second-order valence-corrected chi connectivity index (χ2v) is 7.69. The van der Waals surface area contributed by atoms with Gasteiger partial charge >= 0.3 is 0 Å². The molecule has 0 saturated carbocycles. The van der Waals surface area contributed by atoms with E-state index in [-0.39, 0.29) is 36.0 Å². The maximum atomic E-state index is 12.4. The fraction of sp³-hybridized carbons (Fsp3) is 0.579. The number of carbonyl (C=O) groups is 1. The molecule has 1 amide bonds. The molecular weight excluding hydrogens is 514 g/mol. The maximum absolute atomic E-state index is 12.4. The topological polar surface area (TPSA) is 57.2 Å². The number of nitrogens with zero attached hydrogens (tertiary/aromatic N) is 3. The van der Waals surface area contributed by atoms with Gasteiger partial charge in [0, 0.05) is 56.4 Å². The Kier molecular flexibility index (Phi) is 9.59. The van der Waals surface area contributed by atoms with Crippen LogP contribution < -0.4 is 5.32 Å². The molecule has 0 spiro atoms. The van der Waals surface area contributed by atoms with Crippen LogP contribution in [0.4, 0.5) is 0 Å². The maximum Gasteiger partial charge on any atom is 0.251 e. The third-order valence-corrected chi connectivity index (χ3v) is 5.36. The van der Waals surface area contributed by atoms with Crippen molar-refractivity contribution in [2.45, 2.75) is 25.4 Å². The van der Waals surface area contributed by atoms with Crippen molar-refractivity contribution in [1.82, 2.24) is 15.1 Å². The van der Waals surface area contributed by atoms with Crippen LogP contribution >= 0.6 is 47.2 Å². The van der Waals surface area contributed by atoms with Gasteiger partial charge in [-0.25, -0.2) is 0 Å². The Balaban J connectivity index is 0.00000280. The van der Waals surface area contributed by atoms with Crippen molar-refractivity contribution in [3.05, 3.63) is 33.8 Å². The van der Waals surface area contributed by atoms with E-state index in [9.17, 15) is 4.79 Å². The minimum atomic E-state index is -0.237. The SMILES string of the molecule is CN=C(NCCc1cc(Cl)cc(Cl)c1)N1CCN(C(=O)C2CCCO2)CC1.I. The van der Waals surface area contributed by atoms with Gasteiger partial charge in [-0.3, -0.25) is 9.79 Å². The molecule has 2 aliphatic heterocycles. The van der Waals surface area contributed by atoms with E-state index in [2.05, 4.69) is 15.2 Å². The highest BCUT2D eigenvalue weighted by Gasteiger charge is 2.30. The Morgan fingerprint density at radius 2 is 1.82 bits per heavy atom. The summed E-state index contributed by atoms with van der Waals surface area (Å²) >= 11 is 12.1. The monoisotopic (exact) mass is 540 g/mol. The van der Waals surface area contributed by atoms with E-state index in [0.29, 0.717) is 29.7 Å². The molecule has 1 aromatic carbocycles. The van der Waals surface area contributed by atoms with Gasteiger partial charge in [-0.05, 0) is 43.0 Å². The molecule has 156 valence electrons. The fourth-order valence-corrected chi connectivity index (χ4v) is 4.09. The van der Waals surface area contributed by atoms with Gasteiger partial charge in [0.1, 0.15) is 6.10 Å². The number of carbonyl (C=O) groups excluding carboxylic acids is 1. The molecule has 2 fully saturated rings. The van der Waals surface area contributed by atoms with Crippen molar-refractivity contribution >= 4 is 59.0 Å². The zero-order chi connectivity index (χ0) is 19.2. The average molecular weight is 541 g/mol. The number of piperazine rings is 1. The third kappa shape index (κ3) is 6.37. The second-order valence-electron chi connectivity index (χ2n) is 6.82. The summed E-state index contributed by atoms with van der Waals surface area (Å²) in [5, 5.41) is 4.68. The summed E-state index contributed by atoms with van der Waals surface area (Å²) in [6.45, 7) is 4.36. The third-order valence-electron chi connectivity index (χ3n) is 4.93. The Bertz CT molecular complexity index is 670. The lowest BCUT2D eigenvalue weighted by Gasteiger charge is -2.37. The van der Waals surface area contributed by atoms with E-state index >= 15 is 0 Å². The Hall–Kier alpha value is -0.770. The number of hydrogen-bond acceptors (Lipinski definition) is 3. The summed E-state index contributed by atoms with van der Waals surface area (Å²) in [6, 6.07) is 5.58. The number of nitrogens with one attached hydrogen (secondary N) is 1. The number of rotatable bonds is 4. The zero-order valence-corrected chi connectivity index (χ0v) is 19.8. The largest absolute Gasteiger partial charge is 0.368 e. The van der Waals surface area contributed by atoms with E-state index in [1.165, 1.54) is 0 Å². The molecule has 1 atom stereocenters. The number of benzene rings is 1. The Morgan fingerprint density at radius 3 is 2.39 bits per heavy atom. The summed E-state index contributed by atoms with van der Waals surface area (Å²) < 4.78 is 5.52. The second kappa shape index (κ2) is 11.4. The van der Waals surface area contributed by atoms with E-state index < -0.39 is 0 Å². The first kappa shape index (κ1) is 23.5. The molecule has 1 aromatic rings. The van der Waals surface area contributed by atoms with Gasteiger partial charge in [0.25, 0.3) is 5.91 Å². The molecule has 0 aromatic heterocycles. The molecule has 1 unspecified atom stereocenters. The van der Waals surface area contributed by atoms with Gasteiger partial charge < -0.3 is 19.9 Å². The first-order chi connectivity index (χ1) is 13.1. The normalized spacial score (nSPS) is 20.1. The van der Waals surface area contributed by atoms with Crippen molar-refractivity contribution in [2.75, 3.05) is 46.4 Å². The average Bonchev–Trinajstić information content (AvgIpc) is 3.19. The van der Waals surface area contributed by atoms with Gasteiger partial charge in [0.2, 0.25) is 0 Å². The van der Waals surface area contributed by atoms with Crippen LogP contribution in [0.5, 0.6) is 0 Å². The van der Waals surface area contributed by atoms with Crippen molar-refractivity contribution in [1.29, 1.82) is 0 Å². The fourth-order valence-electron chi connectivity index (χ4n) is 3.52. The number of amides is 1. The molecule has 6 nitrogen and oxygen atoms in total. The number of guanidine groups is 1. The van der Waals surface area contributed by atoms with E-state index in [4.69, 9.17) is 27.9 Å². The standard InChI is InChI=1S/C19H26Cl2N4O2.HI/c1-22-19(23-5-4-14-11-15(20)13-16(21)12-14)25-8-6-24(7-9-25)18(26)17-3-2-10-27-17;/h11-13,17H,2-10H2,1H3,(H,22,23);1H. The molecule has 0 aliphatic carbocycles. The predicted octanol–water partition coefficient (Wildman–Crippen LogP) is 3.05. The molecule has 3 rings (SSSR count). The Labute approximate surface area is 193 Å². The molecule has 0 bridgehead atoms.